The molecule has 3 aromatic rings. The molecule has 34 heavy (non-hydrogen) atoms. The summed E-state index contributed by atoms with van der Waals surface area (Å²) in [6.45, 7) is 0. The lowest BCUT2D eigenvalue weighted by Gasteiger charge is -2.36. The molecule has 0 unspecified atom stereocenters. The van der Waals surface area contributed by atoms with Gasteiger partial charge in [-0.15, -0.1) is 0 Å². The van der Waals surface area contributed by atoms with Gasteiger partial charge in [0.2, 0.25) is 0 Å². The van der Waals surface area contributed by atoms with E-state index >= 15 is 0 Å². The number of Topliss-reactive ketones (excluding diaryl/α,β-unsaturated/α-hetero) is 1. The van der Waals surface area contributed by atoms with Crippen molar-refractivity contribution in [3.05, 3.63) is 94.3 Å². The molecule has 0 amide bonds. The van der Waals surface area contributed by atoms with Crippen molar-refractivity contribution in [1.29, 1.82) is 5.26 Å². The van der Waals surface area contributed by atoms with Gasteiger partial charge in [-0.25, -0.2) is 4.39 Å². The Labute approximate surface area is 202 Å². The van der Waals surface area contributed by atoms with E-state index in [0.717, 1.165) is 21.0 Å². The average Bonchev–Trinajstić information content (AvgIpc) is 2.83. The molecule has 0 saturated carbocycles. The zero-order valence-corrected chi connectivity index (χ0v) is 19.8. The van der Waals surface area contributed by atoms with E-state index in [9.17, 15) is 17.6 Å². The van der Waals surface area contributed by atoms with Crippen LogP contribution < -0.4 is 4.72 Å². The summed E-state index contributed by atoms with van der Waals surface area (Å²) in [4.78, 5) is 13.1. The number of likely N-dealkylation sites (N-methyl/N-ethyl adjacent to an activating group) is 1. The predicted molar refractivity (Wildman–Crippen MR) is 128 cm³/mol. The minimum absolute atomic E-state index is 0.0669. The minimum atomic E-state index is -3.91. The van der Waals surface area contributed by atoms with Gasteiger partial charge < -0.3 is 0 Å². The highest BCUT2D eigenvalue weighted by Crippen LogP contribution is 2.31. The Morgan fingerprint density at radius 3 is 2.56 bits per heavy atom. The molecule has 0 aromatic heterocycles. The zero-order valence-electron chi connectivity index (χ0n) is 18.2. The number of hydrogen-bond acceptors (Lipinski definition) is 4. The average molecular weight is 498 g/mol. The van der Waals surface area contributed by atoms with Crippen LogP contribution in [0.15, 0.2) is 66.7 Å². The summed E-state index contributed by atoms with van der Waals surface area (Å²) >= 11 is 5.82. The SMILES string of the molecule is CN1[C@H](C(=O)Cc2ccc(F)c(Cl)c2)C[C@H](c2cccc(-c3ccc(C#N)cc3)c2)NS1(=O)=O. The number of ketones is 1. The molecule has 3 aromatic carbocycles. The van der Waals surface area contributed by atoms with Crippen molar-refractivity contribution < 1.29 is 17.6 Å². The highest BCUT2D eigenvalue weighted by Gasteiger charge is 2.40. The van der Waals surface area contributed by atoms with E-state index in [2.05, 4.69) is 10.8 Å². The van der Waals surface area contributed by atoms with E-state index < -0.39 is 28.1 Å². The number of hydrogen-bond donors (Lipinski definition) is 1. The van der Waals surface area contributed by atoms with Crippen molar-refractivity contribution in [2.45, 2.75) is 24.9 Å². The van der Waals surface area contributed by atoms with Crippen LogP contribution in [-0.2, 0) is 21.4 Å². The first-order chi connectivity index (χ1) is 16.2. The van der Waals surface area contributed by atoms with E-state index in [-0.39, 0.29) is 23.6 Å². The molecule has 1 saturated heterocycles. The molecule has 6 nitrogen and oxygen atoms in total. The van der Waals surface area contributed by atoms with E-state index in [1.807, 2.05) is 36.4 Å². The lowest BCUT2D eigenvalue weighted by molar-refractivity contribution is -0.122. The van der Waals surface area contributed by atoms with Gasteiger partial charge in [0.1, 0.15) is 5.82 Å². The fraction of sp³-hybridized carbons (Fsp3) is 0.200. The summed E-state index contributed by atoms with van der Waals surface area (Å²) in [6, 6.07) is 19.1. The first-order valence-corrected chi connectivity index (χ1v) is 12.3. The molecule has 0 spiro atoms. The first-order valence-electron chi connectivity index (χ1n) is 10.5. The summed E-state index contributed by atoms with van der Waals surface area (Å²) < 4.78 is 42.8. The normalized spacial score (nSPS) is 19.9. The first kappa shape index (κ1) is 24.0. The Morgan fingerprint density at radius 2 is 1.88 bits per heavy atom. The molecule has 9 heteroatoms. The quantitative estimate of drug-likeness (QED) is 0.565. The molecule has 0 bridgehead atoms. The number of carbonyl (C=O) groups is 1. The third-order valence-electron chi connectivity index (χ3n) is 5.94. The van der Waals surface area contributed by atoms with E-state index in [4.69, 9.17) is 16.9 Å². The van der Waals surface area contributed by atoms with Crippen molar-refractivity contribution in [2.24, 2.45) is 0 Å². The van der Waals surface area contributed by atoms with Gasteiger partial charge >= 0.3 is 0 Å². The van der Waals surface area contributed by atoms with E-state index in [1.165, 1.54) is 25.2 Å². The van der Waals surface area contributed by atoms with Gasteiger partial charge in [-0.3, -0.25) is 4.79 Å². The van der Waals surface area contributed by atoms with Gasteiger partial charge in [0, 0.05) is 19.5 Å². The Kier molecular flexibility index (Phi) is 6.82. The van der Waals surface area contributed by atoms with E-state index in [1.54, 1.807) is 12.1 Å². The van der Waals surface area contributed by atoms with Gasteiger partial charge in [-0.2, -0.15) is 22.7 Å². The smallest absolute Gasteiger partial charge is 0.280 e. The molecular formula is C25H21ClFN3O3S. The van der Waals surface area contributed by atoms with Gasteiger partial charge in [0.15, 0.2) is 5.78 Å². The van der Waals surface area contributed by atoms with Gasteiger partial charge in [-0.1, -0.05) is 48.0 Å². The fourth-order valence-corrected chi connectivity index (χ4v) is 5.53. The molecule has 1 heterocycles. The van der Waals surface area contributed by atoms with Gasteiger partial charge in [0.05, 0.1) is 22.7 Å². The number of halogens is 2. The van der Waals surface area contributed by atoms with Crippen molar-refractivity contribution in [3.8, 4) is 17.2 Å². The van der Waals surface area contributed by atoms with Crippen LogP contribution in [0.1, 0.15) is 29.2 Å². The highest BCUT2D eigenvalue weighted by molar-refractivity contribution is 7.87. The lowest BCUT2D eigenvalue weighted by Crippen LogP contribution is -2.55. The second kappa shape index (κ2) is 9.65. The monoisotopic (exact) mass is 497 g/mol. The van der Waals surface area contributed by atoms with Crippen molar-refractivity contribution in [2.75, 3.05) is 7.05 Å². The summed E-state index contributed by atoms with van der Waals surface area (Å²) in [5.74, 6) is -0.884. The number of nitrogens with one attached hydrogen (secondary N) is 1. The fourth-order valence-electron chi connectivity index (χ4n) is 4.03. The summed E-state index contributed by atoms with van der Waals surface area (Å²) in [5.41, 5.74) is 3.54. The molecule has 1 aliphatic rings. The predicted octanol–water partition coefficient (Wildman–Crippen LogP) is 4.41. The Balaban J connectivity index is 1.60. The summed E-state index contributed by atoms with van der Waals surface area (Å²) in [5, 5.41) is 8.91. The number of nitrogens with zero attached hydrogens (tertiary/aromatic N) is 2. The van der Waals surface area contributed by atoms with Crippen LogP contribution in [0, 0.1) is 17.1 Å². The molecule has 0 aliphatic carbocycles. The highest BCUT2D eigenvalue weighted by atomic mass is 35.5. The van der Waals surface area contributed by atoms with Gasteiger partial charge in [-0.05, 0) is 59.0 Å². The largest absolute Gasteiger partial charge is 0.298 e. The Hall–Kier alpha value is -3.09. The molecule has 1 aliphatic heterocycles. The molecule has 0 radical (unpaired) electrons. The second-order valence-corrected chi connectivity index (χ2v) is 10.3. The lowest BCUT2D eigenvalue weighted by atomic mass is 9.93. The van der Waals surface area contributed by atoms with Crippen LogP contribution >= 0.6 is 11.6 Å². The second-order valence-electron chi connectivity index (χ2n) is 8.15. The van der Waals surface area contributed by atoms with E-state index in [0.29, 0.717) is 11.1 Å². The van der Waals surface area contributed by atoms with Crippen molar-refractivity contribution in [1.82, 2.24) is 9.03 Å². The maximum atomic E-state index is 13.5. The number of carbonyl (C=O) groups excluding carboxylic acids is 1. The van der Waals surface area contributed by atoms with Crippen LogP contribution in [-0.4, -0.2) is 31.6 Å². The Morgan fingerprint density at radius 1 is 1.15 bits per heavy atom. The number of rotatable bonds is 5. The third-order valence-corrected chi connectivity index (χ3v) is 7.82. The van der Waals surface area contributed by atoms with Crippen LogP contribution in [0.25, 0.3) is 11.1 Å². The van der Waals surface area contributed by atoms with Crippen LogP contribution in [0.3, 0.4) is 0 Å². The van der Waals surface area contributed by atoms with Crippen LogP contribution in [0.2, 0.25) is 5.02 Å². The van der Waals surface area contributed by atoms with Gasteiger partial charge in [0.25, 0.3) is 10.2 Å². The van der Waals surface area contributed by atoms with Crippen LogP contribution in [0.5, 0.6) is 0 Å². The third kappa shape index (κ3) is 5.03. The van der Waals surface area contributed by atoms with Crippen molar-refractivity contribution in [3.63, 3.8) is 0 Å². The number of benzene rings is 3. The zero-order chi connectivity index (χ0) is 24.5. The maximum Gasteiger partial charge on any atom is 0.280 e. The molecule has 1 N–H and O–H groups in total. The number of nitriles is 1. The molecule has 1 fully saturated rings. The molecule has 4 rings (SSSR count). The summed E-state index contributed by atoms with van der Waals surface area (Å²) in [7, 11) is -2.54. The molecule has 2 atom stereocenters. The standard InChI is InChI=1S/C25H21ClFN3O3S/c1-30-24(25(31)12-17-7-10-22(27)21(26)11-17)14-23(29-34(30,32)33)20-4-2-3-19(13-20)18-8-5-16(15-28)6-9-18/h2-11,13,23-24,29H,12,14H2,1H3/t23-,24+/m1/s1. The topological polar surface area (TPSA) is 90.3 Å². The maximum absolute atomic E-state index is 13.5. The Bertz CT molecular complexity index is 1390. The molecule has 174 valence electrons. The summed E-state index contributed by atoms with van der Waals surface area (Å²) in [6.07, 6.45) is 0.169. The molecular weight excluding hydrogens is 477 g/mol. The van der Waals surface area contributed by atoms with Crippen LogP contribution in [0.4, 0.5) is 4.39 Å². The minimum Gasteiger partial charge on any atom is -0.298 e. The van der Waals surface area contributed by atoms with Crippen molar-refractivity contribution >= 4 is 27.6 Å².